The van der Waals surface area contributed by atoms with E-state index in [-0.39, 0.29) is 12.4 Å². The van der Waals surface area contributed by atoms with Gasteiger partial charge in [0.25, 0.3) is 5.56 Å². The lowest BCUT2D eigenvalue weighted by Crippen LogP contribution is -2.37. The summed E-state index contributed by atoms with van der Waals surface area (Å²) in [4.78, 5) is 18.9. The summed E-state index contributed by atoms with van der Waals surface area (Å²) in [5.74, 6) is 2.58. The van der Waals surface area contributed by atoms with Crippen molar-refractivity contribution in [2.75, 3.05) is 6.79 Å². The number of hydrogen-bond acceptors (Lipinski definition) is 8. The normalized spacial score (nSPS) is 13.9. The lowest BCUT2D eigenvalue weighted by molar-refractivity contribution is 0.171. The third-order valence-electron chi connectivity index (χ3n) is 6.57. The maximum atomic E-state index is 13.7. The fourth-order valence-corrected chi connectivity index (χ4v) is 4.82. The number of pyridine rings is 1. The molecule has 1 aliphatic heterocycles. The van der Waals surface area contributed by atoms with Crippen LogP contribution < -0.4 is 15.0 Å². The quantitative estimate of drug-likeness (QED) is 0.342. The largest absolute Gasteiger partial charge is 0.468 e. The number of fused-ring (bicyclic) bond motifs is 2. The Bertz CT molecular complexity index is 1620. The zero-order chi connectivity index (χ0) is 26.3. The molecule has 4 heterocycles. The van der Waals surface area contributed by atoms with Crippen LogP contribution in [0, 0.1) is 0 Å². The second-order valence-corrected chi connectivity index (χ2v) is 10.3. The molecule has 10 nitrogen and oxygen atoms in total. The summed E-state index contributed by atoms with van der Waals surface area (Å²) in [6.45, 7) is 7.21. The van der Waals surface area contributed by atoms with Gasteiger partial charge in [0.1, 0.15) is 11.8 Å². The summed E-state index contributed by atoms with van der Waals surface area (Å²) in [5, 5.41) is 13.6. The molecular formula is C28H28N6O4. The van der Waals surface area contributed by atoms with Crippen LogP contribution in [0.2, 0.25) is 0 Å². The van der Waals surface area contributed by atoms with Crippen molar-refractivity contribution >= 4 is 10.9 Å². The Labute approximate surface area is 218 Å². The van der Waals surface area contributed by atoms with Crippen molar-refractivity contribution < 1.29 is 13.9 Å². The van der Waals surface area contributed by atoms with Gasteiger partial charge in [0.15, 0.2) is 17.3 Å². The SMILES string of the molecule is CC(C)(C)n1nnnc1C(c1cc2cc3c(cc2[nH]c1=O)OCO3)N(Cc1ccccc1)Cc1ccco1. The molecule has 0 spiro atoms. The number of hydrogen-bond donors (Lipinski definition) is 1. The highest BCUT2D eigenvalue weighted by Gasteiger charge is 2.34. The fraction of sp³-hybridized carbons (Fsp3) is 0.286. The summed E-state index contributed by atoms with van der Waals surface area (Å²) in [6, 6.07) is 18.9. The molecule has 38 heavy (non-hydrogen) atoms. The Kier molecular flexibility index (Phi) is 5.96. The number of benzene rings is 2. The minimum atomic E-state index is -0.590. The number of ether oxygens (including phenoxy) is 2. The van der Waals surface area contributed by atoms with Crippen LogP contribution >= 0.6 is 0 Å². The second kappa shape index (κ2) is 9.46. The van der Waals surface area contributed by atoms with Gasteiger partial charge in [0.2, 0.25) is 6.79 Å². The van der Waals surface area contributed by atoms with Crippen molar-refractivity contribution in [2.24, 2.45) is 0 Å². The van der Waals surface area contributed by atoms with Crippen LogP contribution in [-0.4, -0.2) is 36.9 Å². The number of nitrogens with zero attached hydrogens (tertiary/aromatic N) is 5. The summed E-state index contributed by atoms with van der Waals surface area (Å²) in [6.07, 6.45) is 1.65. The van der Waals surface area contributed by atoms with Crippen molar-refractivity contribution in [1.29, 1.82) is 0 Å². The molecule has 0 radical (unpaired) electrons. The summed E-state index contributed by atoms with van der Waals surface area (Å²) in [7, 11) is 0. The topological polar surface area (TPSA) is 111 Å². The van der Waals surface area contributed by atoms with E-state index in [4.69, 9.17) is 13.9 Å². The molecule has 10 heteroatoms. The Morgan fingerprint density at radius 1 is 1.03 bits per heavy atom. The van der Waals surface area contributed by atoms with Gasteiger partial charge >= 0.3 is 0 Å². The first kappa shape index (κ1) is 23.9. The van der Waals surface area contributed by atoms with E-state index in [9.17, 15) is 4.79 Å². The summed E-state index contributed by atoms with van der Waals surface area (Å²) in [5.41, 5.74) is 1.61. The molecule has 5 aromatic rings. The lowest BCUT2D eigenvalue weighted by Gasteiger charge is -2.32. The Balaban J connectivity index is 1.55. The monoisotopic (exact) mass is 512 g/mol. The molecule has 194 valence electrons. The highest BCUT2D eigenvalue weighted by Crippen LogP contribution is 2.37. The average molecular weight is 513 g/mol. The van der Waals surface area contributed by atoms with Crippen molar-refractivity contribution in [3.8, 4) is 11.5 Å². The predicted molar refractivity (Wildman–Crippen MR) is 140 cm³/mol. The molecule has 0 amide bonds. The van der Waals surface area contributed by atoms with E-state index in [2.05, 4.69) is 37.5 Å². The van der Waals surface area contributed by atoms with Gasteiger partial charge in [-0.25, -0.2) is 4.68 Å². The lowest BCUT2D eigenvalue weighted by atomic mass is 10.0. The van der Waals surface area contributed by atoms with Crippen LogP contribution in [0.15, 0.2) is 76.1 Å². The number of rotatable bonds is 7. The summed E-state index contributed by atoms with van der Waals surface area (Å²) < 4.78 is 18.6. The van der Waals surface area contributed by atoms with Crippen molar-refractivity contribution in [1.82, 2.24) is 30.1 Å². The average Bonchev–Trinajstić information content (AvgIpc) is 3.66. The van der Waals surface area contributed by atoms with E-state index in [0.29, 0.717) is 41.5 Å². The van der Waals surface area contributed by atoms with Crippen LogP contribution in [0.4, 0.5) is 0 Å². The maximum absolute atomic E-state index is 13.7. The molecule has 0 fully saturated rings. The molecule has 1 atom stereocenters. The van der Waals surface area contributed by atoms with Crippen LogP contribution in [-0.2, 0) is 18.6 Å². The van der Waals surface area contributed by atoms with E-state index in [0.717, 1.165) is 16.7 Å². The highest BCUT2D eigenvalue weighted by molar-refractivity contribution is 5.83. The molecular weight excluding hydrogens is 484 g/mol. The fourth-order valence-electron chi connectivity index (χ4n) is 4.82. The van der Waals surface area contributed by atoms with Gasteiger partial charge in [0.05, 0.1) is 23.9 Å². The molecule has 0 aliphatic carbocycles. The Hall–Kier alpha value is -4.44. The highest BCUT2D eigenvalue weighted by atomic mass is 16.7. The molecule has 1 N–H and O–H groups in total. The van der Waals surface area contributed by atoms with Crippen LogP contribution in [0.1, 0.15) is 49.5 Å². The standard InChI is InChI=1S/C28H28N6O4/c1-28(2,3)34-26(30-31-32-34)25(33(16-20-10-7-11-36-20)15-18-8-5-4-6-9-18)21-12-19-13-23-24(38-17-37-23)14-22(19)29-27(21)35/h4-14,25H,15-17H2,1-3H3,(H,29,35). The molecule has 1 aliphatic rings. The first-order valence-electron chi connectivity index (χ1n) is 12.4. The Morgan fingerprint density at radius 3 is 2.55 bits per heavy atom. The minimum Gasteiger partial charge on any atom is -0.468 e. The molecule has 0 bridgehead atoms. The number of H-pyrrole nitrogens is 1. The van der Waals surface area contributed by atoms with E-state index < -0.39 is 11.6 Å². The van der Waals surface area contributed by atoms with Crippen molar-refractivity contribution in [3.63, 3.8) is 0 Å². The van der Waals surface area contributed by atoms with E-state index in [1.54, 1.807) is 17.0 Å². The first-order chi connectivity index (χ1) is 18.4. The van der Waals surface area contributed by atoms with Crippen molar-refractivity contribution in [3.05, 3.63) is 100.0 Å². The van der Waals surface area contributed by atoms with Crippen LogP contribution in [0.25, 0.3) is 10.9 Å². The number of tetrazole rings is 1. The number of aromatic nitrogens is 5. The number of aromatic amines is 1. The third-order valence-corrected chi connectivity index (χ3v) is 6.57. The molecule has 2 aromatic carbocycles. The maximum Gasteiger partial charge on any atom is 0.253 e. The van der Waals surface area contributed by atoms with Crippen LogP contribution in [0.3, 0.4) is 0 Å². The minimum absolute atomic E-state index is 0.153. The molecule has 3 aromatic heterocycles. The molecule has 0 saturated carbocycles. The molecule has 6 rings (SSSR count). The smallest absolute Gasteiger partial charge is 0.253 e. The van der Waals surface area contributed by atoms with E-state index in [1.807, 2.05) is 63.2 Å². The van der Waals surface area contributed by atoms with E-state index in [1.165, 1.54) is 0 Å². The predicted octanol–water partition coefficient (Wildman–Crippen LogP) is 4.38. The zero-order valence-corrected chi connectivity index (χ0v) is 21.4. The van der Waals surface area contributed by atoms with Gasteiger partial charge in [0, 0.05) is 23.6 Å². The van der Waals surface area contributed by atoms with Crippen LogP contribution in [0.5, 0.6) is 11.5 Å². The van der Waals surface area contributed by atoms with Gasteiger partial charge in [-0.3, -0.25) is 9.69 Å². The first-order valence-corrected chi connectivity index (χ1v) is 12.4. The molecule has 0 saturated heterocycles. The van der Waals surface area contributed by atoms with Gasteiger partial charge < -0.3 is 18.9 Å². The third kappa shape index (κ3) is 4.54. The number of furan rings is 1. The zero-order valence-electron chi connectivity index (χ0n) is 21.4. The van der Waals surface area contributed by atoms with Gasteiger partial charge in [-0.05, 0) is 61.0 Å². The van der Waals surface area contributed by atoms with Gasteiger partial charge in [-0.2, -0.15) is 0 Å². The number of nitrogens with one attached hydrogen (secondary N) is 1. The van der Waals surface area contributed by atoms with Gasteiger partial charge in [-0.15, -0.1) is 5.10 Å². The van der Waals surface area contributed by atoms with Gasteiger partial charge in [-0.1, -0.05) is 30.3 Å². The van der Waals surface area contributed by atoms with Crippen molar-refractivity contribution in [2.45, 2.75) is 45.4 Å². The Morgan fingerprint density at radius 2 is 1.82 bits per heavy atom. The molecule has 1 unspecified atom stereocenters. The summed E-state index contributed by atoms with van der Waals surface area (Å²) >= 11 is 0. The van der Waals surface area contributed by atoms with E-state index >= 15 is 0 Å². The second-order valence-electron chi connectivity index (χ2n) is 10.3.